The third-order valence-corrected chi connectivity index (χ3v) is 7.93. The summed E-state index contributed by atoms with van der Waals surface area (Å²) in [7, 11) is 0. The fourth-order valence-corrected chi connectivity index (χ4v) is 4.94. The molecule has 0 unspecified atom stereocenters. The predicted octanol–water partition coefficient (Wildman–Crippen LogP) is 13.6. The smallest absolute Gasteiger partial charge is 0.330 e. The molecule has 0 aliphatic heterocycles. The fraction of sp³-hybridized carbons (Fsp3) is 0.595. The van der Waals surface area contributed by atoms with Gasteiger partial charge in [0, 0.05) is 6.08 Å². The van der Waals surface area contributed by atoms with Crippen LogP contribution in [0.1, 0.15) is 159 Å². The Morgan fingerprint density at radius 2 is 0.659 bits per heavy atom. The van der Waals surface area contributed by atoms with Crippen molar-refractivity contribution in [2.45, 2.75) is 159 Å². The lowest BCUT2D eigenvalue weighted by Gasteiger charge is -2.04. The van der Waals surface area contributed by atoms with Gasteiger partial charge in [-0.1, -0.05) is 87.1 Å². The Bertz CT molecular complexity index is 1060. The third kappa shape index (κ3) is 27.0. The molecule has 0 amide bonds. The minimum Gasteiger partial charge on any atom is -0.463 e. The van der Waals surface area contributed by atoms with Gasteiger partial charge in [-0.3, -0.25) is 0 Å². The van der Waals surface area contributed by atoms with E-state index in [4.69, 9.17) is 4.74 Å². The van der Waals surface area contributed by atoms with Gasteiger partial charge in [0.1, 0.15) is 0 Å². The van der Waals surface area contributed by atoms with Crippen molar-refractivity contribution in [3.63, 3.8) is 0 Å². The van der Waals surface area contributed by atoms with Crippen molar-refractivity contribution in [1.82, 2.24) is 0 Å². The van der Waals surface area contributed by atoms with E-state index in [1.807, 2.05) is 13.8 Å². The number of esters is 1. The van der Waals surface area contributed by atoms with Gasteiger partial charge < -0.3 is 4.74 Å². The van der Waals surface area contributed by atoms with Gasteiger partial charge in [-0.05, 0) is 159 Å². The zero-order chi connectivity index (χ0) is 33.2. The summed E-state index contributed by atoms with van der Waals surface area (Å²) in [6, 6.07) is 0. The molecule has 248 valence electrons. The van der Waals surface area contributed by atoms with E-state index in [0.717, 1.165) is 69.8 Å². The van der Waals surface area contributed by atoms with Crippen LogP contribution in [0.15, 0.2) is 93.2 Å². The summed E-state index contributed by atoms with van der Waals surface area (Å²) in [5.41, 5.74) is 11.5. The molecule has 0 atom stereocenters. The molecule has 2 nitrogen and oxygen atoms in total. The summed E-state index contributed by atoms with van der Waals surface area (Å²) in [6.07, 6.45) is 34.1. The van der Waals surface area contributed by atoms with E-state index in [1.54, 1.807) is 6.08 Å². The second-order valence-corrected chi connectivity index (χ2v) is 13.1. The lowest BCUT2D eigenvalue weighted by Crippen LogP contribution is -2.00. The van der Waals surface area contributed by atoms with E-state index in [-0.39, 0.29) is 5.97 Å². The predicted molar refractivity (Wildman–Crippen MR) is 197 cm³/mol. The van der Waals surface area contributed by atoms with E-state index < -0.39 is 0 Å². The molecule has 0 aromatic rings. The summed E-state index contributed by atoms with van der Waals surface area (Å²) in [5.74, 6) is -0.233. The molecule has 0 N–H and O–H groups in total. The summed E-state index contributed by atoms with van der Waals surface area (Å²) < 4.78 is 4.98. The molecule has 0 spiro atoms. The molecule has 0 aliphatic carbocycles. The Labute approximate surface area is 273 Å². The summed E-state index contributed by atoms with van der Waals surface area (Å²) in [6.45, 7) is 22.2. The van der Waals surface area contributed by atoms with Gasteiger partial charge in [-0.25, -0.2) is 4.79 Å². The quantitative estimate of drug-likeness (QED) is 0.0659. The maximum atomic E-state index is 11.5. The Morgan fingerprint density at radius 3 is 0.909 bits per heavy atom. The van der Waals surface area contributed by atoms with E-state index in [9.17, 15) is 4.79 Å². The van der Waals surface area contributed by atoms with Crippen molar-refractivity contribution in [3.8, 4) is 0 Å². The van der Waals surface area contributed by atoms with Crippen LogP contribution in [0, 0.1) is 0 Å². The van der Waals surface area contributed by atoms with Gasteiger partial charge >= 0.3 is 5.97 Å². The SMILES string of the molecule is CCOC(=O)C=C(C)CCC=C(C)CCC=C(C)CCC=C(C)CCC=C(C)CCC=C(C)CCC=C(C)CCC=C(C)C. The van der Waals surface area contributed by atoms with Crippen LogP contribution in [0.4, 0.5) is 0 Å². The first-order valence-electron chi connectivity index (χ1n) is 17.3. The number of carbonyl (C=O) groups is 1. The third-order valence-electron chi connectivity index (χ3n) is 7.93. The van der Waals surface area contributed by atoms with Crippen LogP contribution < -0.4 is 0 Å². The zero-order valence-corrected chi connectivity index (χ0v) is 30.5. The highest BCUT2D eigenvalue weighted by atomic mass is 16.5. The molecule has 0 radical (unpaired) electrons. The van der Waals surface area contributed by atoms with E-state index in [2.05, 4.69) is 97.9 Å². The normalized spacial score (nSPS) is 14.3. The van der Waals surface area contributed by atoms with Crippen LogP contribution >= 0.6 is 0 Å². The molecule has 0 aromatic carbocycles. The fourth-order valence-electron chi connectivity index (χ4n) is 4.94. The zero-order valence-electron chi connectivity index (χ0n) is 30.5. The van der Waals surface area contributed by atoms with Crippen molar-refractivity contribution < 1.29 is 9.53 Å². The van der Waals surface area contributed by atoms with Gasteiger partial charge in [0.05, 0.1) is 6.61 Å². The number of hydrogen-bond donors (Lipinski definition) is 0. The lowest BCUT2D eigenvalue weighted by atomic mass is 10.0. The maximum absolute atomic E-state index is 11.5. The molecule has 0 heterocycles. The van der Waals surface area contributed by atoms with E-state index in [1.165, 1.54) is 64.7 Å². The molecule has 0 rings (SSSR count). The molecular weight excluding hydrogens is 536 g/mol. The largest absolute Gasteiger partial charge is 0.463 e. The number of ether oxygens (including phenoxy) is 1. The Hall–Kier alpha value is -2.61. The molecule has 0 fully saturated rings. The summed E-state index contributed by atoms with van der Waals surface area (Å²) >= 11 is 0. The molecule has 0 aromatic heterocycles. The molecule has 0 saturated carbocycles. The monoisotopic (exact) mass is 605 g/mol. The first-order chi connectivity index (χ1) is 20.9. The number of carbonyl (C=O) groups excluding carboxylic acids is 1. The first kappa shape index (κ1) is 41.4. The first-order valence-corrected chi connectivity index (χ1v) is 17.3. The van der Waals surface area contributed by atoms with Crippen molar-refractivity contribution in [3.05, 3.63) is 93.2 Å². The minimum absolute atomic E-state index is 0.233. The van der Waals surface area contributed by atoms with Crippen LogP contribution in [0.5, 0.6) is 0 Å². The molecule has 0 saturated heterocycles. The molecule has 2 heteroatoms. The van der Waals surface area contributed by atoms with Crippen molar-refractivity contribution in [2.75, 3.05) is 6.61 Å². The van der Waals surface area contributed by atoms with Crippen molar-refractivity contribution in [2.24, 2.45) is 0 Å². The molecule has 44 heavy (non-hydrogen) atoms. The highest BCUT2D eigenvalue weighted by Gasteiger charge is 1.99. The van der Waals surface area contributed by atoms with Crippen molar-refractivity contribution >= 4 is 5.97 Å². The van der Waals surface area contributed by atoms with E-state index in [0.29, 0.717) is 6.61 Å². The standard InChI is InChI=1S/C42H68O2/c1-11-44-42(43)33-41(10)32-18-31-40(9)30-17-29-39(8)28-16-27-38(7)26-15-25-37(6)24-14-23-36(5)22-13-21-35(4)20-12-19-34(2)3/h19,21,23,25,27,29,31,33H,11-18,20,22,24,26,28,30,32H2,1-10H3. The average molecular weight is 605 g/mol. The van der Waals surface area contributed by atoms with E-state index >= 15 is 0 Å². The van der Waals surface area contributed by atoms with Crippen LogP contribution in [0.3, 0.4) is 0 Å². The van der Waals surface area contributed by atoms with Crippen LogP contribution in [0.2, 0.25) is 0 Å². The molecular formula is C42H68O2. The van der Waals surface area contributed by atoms with Gasteiger partial charge in [0.2, 0.25) is 0 Å². The minimum atomic E-state index is -0.233. The molecule has 0 bridgehead atoms. The van der Waals surface area contributed by atoms with Crippen LogP contribution in [-0.4, -0.2) is 12.6 Å². The average Bonchev–Trinajstić information content (AvgIpc) is 2.93. The topological polar surface area (TPSA) is 26.3 Å². The second-order valence-electron chi connectivity index (χ2n) is 13.1. The lowest BCUT2D eigenvalue weighted by molar-refractivity contribution is -0.137. The second kappa shape index (κ2) is 26.8. The van der Waals surface area contributed by atoms with Gasteiger partial charge in [0.15, 0.2) is 0 Å². The van der Waals surface area contributed by atoms with Crippen LogP contribution in [0.25, 0.3) is 0 Å². The van der Waals surface area contributed by atoms with Gasteiger partial charge in [-0.2, -0.15) is 0 Å². The number of hydrogen-bond acceptors (Lipinski definition) is 2. The summed E-state index contributed by atoms with van der Waals surface area (Å²) in [4.78, 5) is 11.5. The maximum Gasteiger partial charge on any atom is 0.330 e. The molecule has 0 aliphatic rings. The van der Waals surface area contributed by atoms with Gasteiger partial charge in [-0.15, -0.1) is 0 Å². The Kier molecular flexibility index (Phi) is 25.2. The number of allylic oxidation sites excluding steroid dienone is 15. The Balaban J connectivity index is 4.22. The van der Waals surface area contributed by atoms with Gasteiger partial charge in [0.25, 0.3) is 0 Å². The van der Waals surface area contributed by atoms with Crippen LogP contribution in [-0.2, 0) is 9.53 Å². The summed E-state index contributed by atoms with van der Waals surface area (Å²) in [5, 5.41) is 0. The number of rotatable bonds is 23. The Morgan fingerprint density at radius 1 is 0.409 bits per heavy atom. The highest BCUT2D eigenvalue weighted by molar-refractivity contribution is 5.82. The highest BCUT2D eigenvalue weighted by Crippen LogP contribution is 2.17. The van der Waals surface area contributed by atoms with Crippen molar-refractivity contribution in [1.29, 1.82) is 0 Å².